The molecule has 1 aliphatic heterocycles. The molecule has 180 valence electrons. The molecule has 1 amide bonds. The van der Waals surface area contributed by atoms with E-state index in [1.165, 1.54) is 17.6 Å². The predicted molar refractivity (Wildman–Crippen MR) is 139 cm³/mol. The Balaban J connectivity index is 1.87. The lowest BCUT2D eigenvalue weighted by molar-refractivity contribution is -0.132. The number of carbonyl (C=O) groups excluding carboxylic acids is 2. The van der Waals surface area contributed by atoms with Gasteiger partial charge in [-0.1, -0.05) is 68.8 Å². The van der Waals surface area contributed by atoms with E-state index in [1.807, 2.05) is 48.5 Å². The van der Waals surface area contributed by atoms with Crippen LogP contribution in [0.5, 0.6) is 5.75 Å². The van der Waals surface area contributed by atoms with Crippen molar-refractivity contribution in [3.05, 3.63) is 101 Å². The summed E-state index contributed by atoms with van der Waals surface area (Å²) in [6, 6.07) is 21.8. The Hall–Kier alpha value is -3.86. The quantitative estimate of drug-likeness (QED) is 0.241. The smallest absolute Gasteiger partial charge is 0.300 e. The summed E-state index contributed by atoms with van der Waals surface area (Å²) < 4.78 is 5.41. The first-order valence-electron chi connectivity index (χ1n) is 12.1. The lowest BCUT2D eigenvalue weighted by Gasteiger charge is -2.26. The number of ketones is 1. The van der Waals surface area contributed by atoms with Crippen molar-refractivity contribution in [2.75, 3.05) is 12.0 Å². The average Bonchev–Trinajstić information content (AvgIpc) is 3.17. The Morgan fingerprint density at radius 1 is 0.914 bits per heavy atom. The largest absolute Gasteiger partial charge is 0.507 e. The Bertz CT molecular complexity index is 1240. The molecule has 1 heterocycles. The van der Waals surface area contributed by atoms with Crippen LogP contribution in [0.2, 0.25) is 0 Å². The maximum absolute atomic E-state index is 13.4. The minimum atomic E-state index is -0.757. The van der Waals surface area contributed by atoms with Gasteiger partial charge in [0.05, 0.1) is 24.3 Å². The van der Waals surface area contributed by atoms with Gasteiger partial charge >= 0.3 is 0 Å². The van der Waals surface area contributed by atoms with Crippen molar-refractivity contribution in [1.29, 1.82) is 0 Å². The van der Waals surface area contributed by atoms with Crippen LogP contribution in [0.25, 0.3) is 5.76 Å². The van der Waals surface area contributed by atoms with Crippen LogP contribution in [0.1, 0.15) is 55.0 Å². The second-order valence-corrected chi connectivity index (χ2v) is 8.73. The highest BCUT2D eigenvalue weighted by Crippen LogP contribution is 2.43. The molecule has 1 unspecified atom stereocenters. The molecule has 0 bridgehead atoms. The Labute approximate surface area is 206 Å². The number of aryl methyl sites for hydroxylation is 2. The van der Waals surface area contributed by atoms with Crippen LogP contribution in [0.15, 0.2) is 78.4 Å². The second kappa shape index (κ2) is 10.6. The van der Waals surface area contributed by atoms with Crippen LogP contribution in [0.4, 0.5) is 5.69 Å². The maximum Gasteiger partial charge on any atom is 0.300 e. The van der Waals surface area contributed by atoms with Crippen LogP contribution in [0.3, 0.4) is 0 Å². The normalized spacial score (nSPS) is 17.1. The summed E-state index contributed by atoms with van der Waals surface area (Å²) in [4.78, 5) is 28.2. The number of aliphatic hydroxyl groups is 1. The Morgan fingerprint density at radius 3 is 2.20 bits per heavy atom. The molecule has 0 aliphatic carbocycles. The highest BCUT2D eigenvalue weighted by atomic mass is 16.5. The summed E-state index contributed by atoms with van der Waals surface area (Å²) in [6.07, 6.45) is 4.03. The summed E-state index contributed by atoms with van der Waals surface area (Å²) in [7, 11) is 1.51. The zero-order valence-corrected chi connectivity index (χ0v) is 20.5. The number of hydrogen-bond acceptors (Lipinski definition) is 4. The molecule has 1 fully saturated rings. The molecule has 5 nitrogen and oxygen atoms in total. The SMILES string of the molecule is CCCCc1ccc(N2C(=O)C(=O)/C(=C(\O)c3ccccc3OC)C2c2ccc(CC)cc2)cc1. The number of aliphatic hydroxyl groups excluding tert-OH is 1. The summed E-state index contributed by atoms with van der Waals surface area (Å²) in [5.41, 5.74) is 4.14. The van der Waals surface area contributed by atoms with Crippen LogP contribution in [-0.4, -0.2) is 23.9 Å². The van der Waals surface area contributed by atoms with Crippen molar-refractivity contribution >= 4 is 23.1 Å². The van der Waals surface area contributed by atoms with Crippen molar-refractivity contribution in [2.24, 2.45) is 0 Å². The minimum absolute atomic E-state index is 0.0545. The number of ether oxygens (including phenoxy) is 1. The zero-order valence-electron chi connectivity index (χ0n) is 20.5. The number of amides is 1. The van der Waals surface area contributed by atoms with E-state index in [0.29, 0.717) is 17.0 Å². The van der Waals surface area contributed by atoms with E-state index in [4.69, 9.17) is 4.74 Å². The van der Waals surface area contributed by atoms with Crippen LogP contribution < -0.4 is 9.64 Å². The number of rotatable bonds is 8. The summed E-state index contributed by atoms with van der Waals surface area (Å²) in [6.45, 7) is 4.22. The minimum Gasteiger partial charge on any atom is -0.507 e. The van der Waals surface area contributed by atoms with Gasteiger partial charge in [0.1, 0.15) is 11.5 Å². The topological polar surface area (TPSA) is 66.8 Å². The molecule has 1 N–H and O–H groups in total. The first kappa shape index (κ1) is 24.3. The number of unbranched alkanes of at least 4 members (excludes halogenated alkanes) is 1. The van der Waals surface area contributed by atoms with Gasteiger partial charge in [-0.25, -0.2) is 0 Å². The lowest BCUT2D eigenvalue weighted by atomic mass is 9.94. The van der Waals surface area contributed by atoms with Crippen LogP contribution in [-0.2, 0) is 22.4 Å². The molecule has 0 radical (unpaired) electrons. The standard InChI is InChI=1S/C30H31NO4/c1-4-6-9-21-14-18-23(19-15-21)31-27(22-16-12-20(5-2)13-17-22)26(29(33)30(31)34)28(32)24-10-7-8-11-25(24)35-3/h7-8,10-19,27,32H,4-6,9H2,1-3H3/b28-26-. The van der Waals surface area contributed by atoms with E-state index >= 15 is 0 Å². The fourth-order valence-electron chi connectivity index (χ4n) is 4.54. The van der Waals surface area contributed by atoms with Gasteiger partial charge in [-0.3, -0.25) is 14.5 Å². The molecule has 1 saturated heterocycles. The molecule has 3 aromatic carbocycles. The van der Waals surface area contributed by atoms with Gasteiger partial charge < -0.3 is 9.84 Å². The molecule has 0 saturated carbocycles. The first-order valence-corrected chi connectivity index (χ1v) is 12.1. The van der Waals surface area contributed by atoms with E-state index < -0.39 is 17.7 Å². The van der Waals surface area contributed by atoms with Crippen molar-refractivity contribution in [3.8, 4) is 5.75 Å². The van der Waals surface area contributed by atoms with E-state index in [0.717, 1.165) is 36.8 Å². The van der Waals surface area contributed by atoms with Crippen LogP contribution in [0, 0.1) is 0 Å². The van der Waals surface area contributed by atoms with Crippen molar-refractivity contribution in [2.45, 2.75) is 45.6 Å². The highest BCUT2D eigenvalue weighted by molar-refractivity contribution is 6.51. The third kappa shape index (κ3) is 4.72. The molecule has 0 aromatic heterocycles. The average molecular weight is 470 g/mol. The van der Waals surface area contributed by atoms with E-state index in [2.05, 4.69) is 13.8 Å². The molecule has 1 atom stereocenters. The number of nitrogens with zero attached hydrogens (tertiary/aromatic N) is 1. The number of Topliss-reactive ketones (excluding diaryl/α,β-unsaturated/α-hetero) is 1. The molecule has 0 spiro atoms. The molecule has 4 rings (SSSR count). The van der Waals surface area contributed by atoms with E-state index in [1.54, 1.807) is 24.3 Å². The number of para-hydroxylation sites is 1. The predicted octanol–water partition coefficient (Wildman–Crippen LogP) is 6.23. The fraction of sp³-hybridized carbons (Fsp3) is 0.267. The van der Waals surface area contributed by atoms with Gasteiger partial charge in [0.25, 0.3) is 11.7 Å². The Kier molecular flexibility index (Phi) is 7.35. The second-order valence-electron chi connectivity index (χ2n) is 8.73. The Morgan fingerprint density at radius 2 is 1.57 bits per heavy atom. The number of anilines is 1. The number of carbonyl (C=O) groups is 2. The molecule has 3 aromatic rings. The molecule has 35 heavy (non-hydrogen) atoms. The van der Waals surface area contributed by atoms with Crippen LogP contribution >= 0.6 is 0 Å². The third-order valence-corrected chi connectivity index (χ3v) is 6.54. The fourth-order valence-corrected chi connectivity index (χ4v) is 4.54. The maximum atomic E-state index is 13.4. The van der Waals surface area contributed by atoms with Gasteiger partial charge in [-0.05, 0) is 60.2 Å². The summed E-state index contributed by atoms with van der Waals surface area (Å²) in [5.74, 6) is -1.19. The van der Waals surface area contributed by atoms with Crippen molar-refractivity contribution in [3.63, 3.8) is 0 Å². The van der Waals surface area contributed by atoms with E-state index in [9.17, 15) is 14.7 Å². The van der Waals surface area contributed by atoms with Gasteiger partial charge in [0.15, 0.2) is 0 Å². The van der Waals surface area contributed by atoms with Gasteiger partial charge in [-0.2, -0.15) is 0 Å². The monoisotopic (exact) mass is 469 g/mol. The number of hydrogen-bond donors (Lipinski definition) is 1. The van der Waals surface area contributed by atoms with Crippen molar-refractivity contribution < 1.29 is 19.4 Å². The number of benzene rings is 3. The molecular formula is C30H31NO4. The first-order chi connectivity index (χ1) is 17.0. The van der Waals surface area contributed by atoms with Crippen molar-refractivity contribution in [1.82, 2.24) is 0 Å². The van der Waals surface area contributed by atoms with Gasteiger partial charge in [-0.15, -0.1) is 0 Å². The third-order valence-electron chi connectivity index (χ3n) is 6.54. The number of methoxy groups -OCH3 is 1. The molecule has 1 aliphatic rings. The zero-order chi connectivity index (χ0) is 24.9. The van der Waals surface area contributed by atoms with Gasteiger partial charge in [0, 0.05) is 5.69 Å². The summed E-state index contributed by atoms with van der Waals surface area (Å²) >= 11 is 0. The lowest BCUT2D eigenvalue weighted by Crippen LogP contribution is -2.29. The van der Waals surface area contributed by atoms with Gasteiger partial charge in [0.2, 0.25) is 0 Å². The molecule has 5 heteroatoms. The molecular weight excluding hydrogens is 438 g/mol. The highest BCUT2D eigenvalue weighted by Gasteiger charge is 2.47. The van der Waals surface area contributed by atoms with E-state index in [-0.39, 0.29) is 11.3 Å². The summed E-state index contributed by atoms with van der Waals surface area (Å²) in [5, 5.41) is 11.4.